The molecule has 1 saturated heterocycles. The lowest BCUT2D eigenvalue weighted by Crippen LogP contribution is -2.47. The third kappa shape index (κ3) is 9.86. The standard InChI is InChI=1S/C27H35ClN10O3.ClH/c1-41-23-4-3-19(28)17-22(23)38-15-13-37(14-16-38)12-2-7-31-26-32-8-5-20(35-26)18-24(39)30-10-11-34-27-33-9-6-21(36-27)25(29)40;/h3-6,8-9,17H,2,7,10-16,18H2,1H3,(H2,29,40)(H,30,39)(H,31,32,35)(H,33,34,36);1H. The fourth-order valence-corrected chi connectivity index (χ4v) is 4.56. The summed E-state index contributed by atoms with van der Waals surface area (Å²) >= 11 is 6.20. The van der Waals surface area contributed by atoms with Gasteiger partial charge in [0.2, 0.25) is 17.8 Å². The summed E-state index contributed by atoms with van der Waals surface area (Å²) < 4.78 is 5.50. The maximum absolute atomic E-state index is 12.3. The van der Waals surface area contributed by atoms with E-state index in [4.69, 9.17) is 22.1 Å². The van der Waals surface area contributed by atoms with Crippen LogP contribution in [0.1, 0.15) is 22.6 Å². The second-order valence-electron chi connectivity index (χ2n) is 9.38. The van der Waals surface area contributed by atoms with Gasteiger partial charge in [-0.15, -0.1) is 12.4 Å². The number of nitrogens with one attached hydrogen (secondary N) is 3. The van der Waals surface area contributed by atoms with Gasteiger partial charge in [0.15, 0.2) is 0 Å². The lowest BCUT2D eigenvalue weighted by molar-refractivity contribution is -0.120. The number of nitrogens with zero attached hydrogens (tertiary/aromatic N) is 6. The summed E-state index contributed by atoms with van der Waals surface area (Å²) in [6.45, 7) is 6.14. The number of primary amides is 1. The number of methoxy groups -OCH3 is 1. The molecule has 1 aromatic carbocycles. The first-order valence-electron chi connectivity index (χ1n) is 13.4. The Morgan fingerprint density at radius 3 is 2.43 bits per heavy atom. The predicted molar refractivity (Wildman–Crippen MR) is 165 cm³/mol. The Morgan fingerprint density at radius 1 is 0.976 bits per heavy atom. The van der Waals surface area contributed by atoms with Crippen molar-refractivity contribution >= 4 is 53.4 Å². The smallest absolute Gasteiger partial charge is 0.267 e. The van der Waals surface area contributed by atoms with Gasteiger partial charge in [-0.1, -0.05) is 11.6 Å². The molecule has 1 aliphatic rings. The van der Waals surface area contributed by atoms with Crippen molar-refractivity contribution in [2.75, 3.05) is 75.0 Å². The molecule has 4 rings (SSSR count). The number of carbonyl (C=O) groups is 2. The van der Waals surface area contributed by atoms with Gasteiger partial charge in [-0.3, -0.25) is 14.5 Å². The molecule has 0 unspecified atom stereocenters. The number of halogens is 2. The van der Waals surface area contributed by atoms with Crippen molar-refractivity contribution < 1.29 is 14.3 Å². The Balaban J connectivity index is 0.00000484. The number of carbonyl (C=O) groups excluding carboxylic acids is 2. The zero-order valence-corrected chi connectivity index (χ0v) is 25.0. The summed E-state index contributed by atoms with van der Waals surface area (Å²) in [7, 11) is 1.68. The van der Waals surface area contributed by atoms with Gasteiger partial charge < -0.3 is 31.3 Å². The minimum absolute atomic E-state index is 0. The number of rotatable bonds is 14. The first-order valence-corrected chi connectivity index (χ1v) is 13.8. The van der Waals surface area contributed by atoms with Crippen LogP contribution in [0.3, 0.4) is 0 Å². The highest BCUT2D eigenvalue weighted by molar-refractivity contribution is 6.30. The highest BCUT2D eigenvalue weighted by atomic mass is 35.5. The van der Waals surface area contributed by atoms with Gasteiger partial charge in [0.05, 0.1) is 24.9 Å². The molecule has 226 valence electrons. The largest absolute Gasteiger partial charge is 0.495 e. The third-order valence-corrected chi connectivity index (χ3v) is 6.72. The highest BCUT2D eigenvalue weighted by Crippen LogP contribution is 2.31. The molecule has 2 aromatic heterocycles. The average molecular weight is 620 g/mol. The number of aromatic nitrogens is 4. The molecule has 5 N–H and O–H groups in total. The van der Waals surface area contributed by atoms with E-state index in [1.165, 1.54) is 12.3 Å². The molecule has 0 atom stereocenters. The van der Waals surface area contributed by atoms with E-state index in [-0.39, 0.29) is 36.4 Å². The highest BCUT2D eigenvalue weighted by Gasteiger charge is 2.20. The topological polar surface area (TPSA) is 164 Å². The second-order valence-corrected chi connectivity index (χ2v) is 9.82. The van der Waals surface area contributed by atoms with Gasteiger partial charge in [0, 0.05) is 63.2 Å². The monoisotopic (exact) mass is 618 g/mol. The fraction of sp³-hybridized carbons (Fsp3) is 0.407. The zero-order chi connectivity index (χ0) is 29.0. The lowest BCUT2D eigenvalue weighted by atomic mass is 10.2. The predicted octanol–water partition coefficient (Wildman–Crippen LogP) is 1.84. The summed E-state index contributed by atoms with van der Waals surface area (Å²) in [6.07, 6.45) is 4.16. The molecule has 0 radical (unpaired) electrons. The molecule has 2 amide bonds. The van der Waals surface area contributed by atoms with Crippen molar-refractivity contribution in [2.45, 2.75) is 12.8 Å². The minimum atomic E-state index is -0.631. The van der Waals surface area contributed by atoms with Crippen LogP contribution in [0.2, 0.25) is 5.02 Å². The molecule has 42 heavy (non-hydrogen) atoms. The maximum Gasteiger partial charge on any atom is 0.267 e. The molecule has 0 bridgehead atoms. The second kappa shape index (κ2) is 16.5. The Morgan fingerprint density at radius 2 is 1.69 bits per heavy atom. The molecule has 0 saturated carbocycles. The summed E-state index contributed by atoms with van der Waals surface area (Å²) in [5.74, 6) is 0.804. The number of nitrogens with two attached hydrogens (primary N) is 1. The molecule has 1 aliphatic heterocycles. The molecule has 15 heteroatoms. The normalized spacial score (nSPS) is 13.1. The van der Waals surface area contributed by atoms with Crippen molar-refractivity contribution in [1.29, 1.82) is 0 Å². The van der Waals surface area contributed by atoms with Crippen molar-refractivity contribution in [3.05, 3.63) is 59.1 Å². The van der Waals surface area contributed by atoms with Crippen LogP contribution >= 0.6 is 24.0 Å². The summed E-state index contributed by atoms with van der Waals surface area (Å²) in [6, 6.07) is 8.86. The van der Waals surface area contributed by atoms with Crippen LogP contribution in [0.5, 0.6) is 5.75 Å². The summed E-state index contributed by atoms with van der Waals surface area (Å²) in [5.41, 5.74) is 7.00. The maximum atomic E-state index is 12.3. The first kappa shape index (κ1) is 32.6. The van der Waals surface area contributed by atoms with Crippen molar-refractivity contribution in [3.8, 4) is 5.75 Å². The van der Waals surface area contributed by atoms with Gasteiger partial charge in [-0.05, 0) is 43.3 Å². The van der Waals surface area contributed by atoms with E-state index < -0.39 is 5.91 Å². The minimum Gasteiger partial charge on any atom is -0.495 e. The molecule has 3 aromatic rings. The number of amides is 2. The SMILES string of the molecule is COc1ccc(Cl)cc1N1CCN(CCCNc2nccc(CC(=O)NCCNc3nccc(C(N)=O)n3)n2)CC1.Cl. The van der Waals surface area contributed by atoms with Crippen LogP contribution in [-0.2, 0) is 11.2 Å². The van der Waals surface area contributed by atoms with Crippen LogP contribution in [0.15, 0.2) is 42.7 Å². The van der Waals surface area contributed by atoms with E-state index in [1.807, 2.05) is 18.2 Å². The van der Waals surface area contributed by atoms with Crippen molar-refractivity contribution in [1.82, 2.24) is 30.2 Å². The van der Waals surface area contributed by atoms with Crippen LogP contribution in [0.4, 0.5) is 17.6 Å². The number of ether oxygens (including phenoxy) is 1. The Bertz CT molecular complexity index is 1320. The van der Waals surface area contributed by atoms with Gasteiger partial charge in [-0.2, -0.15) is 0 Å². The molecular weight excluding hydrogens is 583 g/mol. The Kier molecular flexibility index (Phi) is 12.8. The quantitative estimate of drug-likeness (QED) is 0.195. The Labute approximate surface area is 256 Å². The van der Waals surface area contributed by atoms with E-state index in [9.17, 15) is 9.59 Å². The lowest BCUT2D eigenvalue weighted by Gasteiger charge is -2.36. The number of hydrogen-bond donors (Lipinski definition) is 4. The molecule has 13 nitrogen and oxygen atoms in total. The molecular formula is C27H36Cl2N10O3. The van der Waals surface area contributed by atoms with E-state index in [0.29, 0.717) is 29.8 Å². The van der Waals surface area contributed by atoms with Gasteiger partial charge in [0.25, 0.3) is 5.91 Å². The van der Waals surface area contributed by atoms with Crippen molar-refractivity contribution in [3.63, 3.8) is 0 Å². The summed E-state index contributed by atoms with van der Waals surface area (Å²) in [4.78, 5) is 45.0. The number of anilines is 3. The number of benzene rings is 1. The first-order chi connectivity index (χ1) is 19.9. The Hall–Kier alpha value is -3.94. The van der Waals surface area contributed by atoms with E-state index in [0.717, 1.165) is 57.1 Å². The van der Waals surface area contributed by atoms with E-state index in [2.05, 4.69) is 45.7 Å². The van der Waals surface area contributed by atoms with Gasteiger partial charge >= 0.3 is 0 Å². The van der Waals surface area contributed by atoms with Crippen molar-refractivity contribution in [2.24, 2.45) is 5.73 Å². The van der Waals surface area contributed by atoms with E-state index >= 15 is 0 Å². The van der Waals surface area contributed by atoms with Gasteiger partial charge in [-0.25, -0.2) is 19.9 Å². The molecule has 1 fully saturated rings. The zero-order valence-electron chi connectivity index (χ0n) is 23.4. The fourth-order valence-electron chi connectivity index (χ4n) is 4.39. The summed E-state index contributed by atoms with van der Waals surface area (Å²) in [5, 5.41) is 9.72. The molecule has 0 aliphatic carbocycles. The van der Waals surface area contributed by atoms with Crippen LogP contribution < -0.4 is 31.3 Å². The van der Waals surface area contributed by atoms with Crippen LogP contribution in [-0.4, -0.2) is 96.1 Å². The van der Waals surface area contributed by atoms with Crippen LogP contribution in [0.25, 0.3) is 0 Å². The van der Waals surface area contributed by atoms with Gasteiger partial charge in [0.1, 0.15) is 11.4 Å². The average Bonchev–Trinajstić information content (AvgIpc) is 2.98. The third-order valence-electron chi connectivity index (χ3n) is 6.48. The molecule has 0 spiro atoms. The van der Waals surface area contributed by atoms with Crippen LogP contribution in [0, 0.1) is 0 Å². The number of piperazine rings is 1. The van der Waals surface area contributed by atoms with E-state index in [1.54, 1.807) is 19.4 Å². The number of hydrogen-bond acceptors (Lipinski definition) is 11. The molecule has 3 heterocycles.